The third kappa shape index (κ3) is 7.05. The summed E-state index contributed by atoms with van der Waals surface area (Å²) in [5.41, 5.74) is 1.86. The van der Waals surface area contributed by atoms with Crippen molar-refractivity contribution >= 4 is 23.3 Å². The number of hydrogen-bond donors (Lipinski definition) is 3. The number of esters is 1. The number of phenolic OH excluding ortho intramolecular Hbond substituents is 1. The number of carbonyl (C=O) groups is 1. The molecule has 0 spiro atoms. The lowest BCUT2D eigenvalue weighted by atomic mass is 10.1. The van der Waals surface area contributed by atoms with Crippen LogP contribution in [0, 0.1) is 6.92 Å². The monoisotopic (exact) mass is 418 g/mol. The van der Waals surface area contributed by atoms with Gasteiger partial charge in [0, 0.05) is 13.1 Å². The molecular weight excluding hydrogens is 388 g/mol. The number of nitrogens with one attached hydrogen (secondary N) is 2. The lowest BCUT2D eigenvalue weighted by molar-refractivity contribution is 0.0531. The molecule has 0 saturated carbocycles. The number of phenols is 1. The number of aryl methyl sites for hydroxylation is 2. The zero-order valence-electron chi connectivity index (χ0n) is 17.5. The number of guanidine groups is 1. The van der Waals surface area contributed by atoms with Crippen LogP contribution in [0.15, 0.2) is 29.3 Å². The fourth-order valence-corrected chi connectivity index (χ4v) is 3.68. The van der Waals surface area contributed by atoms with Crippen molar-refractivity contribution in [2.24, 2.45) is 4.99 Å². The quantitative estimate of drug-likeness (QED) is 0.249. The molecule has 0 aliphatic carbocycles. The second-order valence-electron chi connectivity index (χ2n) is 6.58. The molecule has 0 radical (unpaired) electrons. The van der Waals surface area contributed by atoms with Crippen molar-refractivity contribution in [1.82, 2.24) is 15.6 Å². The van der Waals surface area contributed by atoms with E-state index >= 15 is 0 Å². The number of aromatic nitrogens is 1. The number of benzene rings is 1. The van der Waals surface area contributed by atoms with Crippen LogP contribution in [0.1, 0.15) is 59.2 Å². The number of thiazole rings is 1. The van der Waals surface area contributed by atoms with Gasteiger partial charge in [0.05, 0.1) is 18.3 Å². The van der Waals surface area contributed by atoms with E-state index < -0.39 is 0 Å². The summed E-state index contributed by atoms with van der Waals surface area (Å²) >= 11 is 1.35. The van der Waals surface area contributed by atoms with E-state index in [9.17, 15) is 9.90 Å². The van der Waals surface area contributed by atoms with Gasteiger partial charge in [0.2, 0.25) is 0 Å². The summed E-state index contributed by atoms with van der Waals surface area (Å²) in [6.07, 6.45) is 1.80. The van der Waals surface area contributed by atoms with Crippen molar-refractivity contribution in [3.63, 3.8) is 0 Å². The van der Waals surface area contributed by atoms with Crippen LogP contribution < -0.4 is 10.6 Å². The Morgan fingerprint density at radius 3 is 2.69 bits per heavy atom. The maximum Gasteiger partial charge on any atom is 0.350 e. The van der Waals surface area contributed by atoms with Crippen LogP contribution in [0.3, 0.4) is 0 Å². The first-order valence-electron chi connectivity index (χ1n) is 9.91. The molecule has 2 aromatic rings. The molecule has 7 nitrogen and oxygen atoms in total. The zero-order chi connectivity index (χ0) is 21.2. The summed E-state index contributed by atoms with van der Waals surface area (Å²) in [5.74, 6) is 0.676. The van der Waals surface area contributed by atoms with Gasteiger partial charge in [0.15, 0.2) is 5.96 Å². The molecule has 0 fully saturated rings. The summed E-state index contributed by atoms with van der Waals surface area (Å²) in [6.45, 7) is 9.40. The second-order valence-corrected chi connectivity index (χ2v) is 7.61. The molecule has 1 aromatic carbocycles. The summed E-state index contributed by atoms with van der Waals surface area (Å²) in [7, 11) is 0. The van der Waals surface area contributed by atoms with Gasteiger partial charge in [-0.25, -0.2) is 9.78 Å². The van der Waals surface area contributed by atoms with Gasteiger partial charge in [-0.05, 0) is 58.2 Å². The van der Waals surface area contributed by atoms with E-state index in [1.54, 1.807) is 19.1 Å². The first-order valence-corrected chi connectivity index (χ1v) is 10.7. The number of rotatable bonds is 9. The Morgan fingerprint density at radius 1 is 1.31 bits per heavy atom. The Morgan fingerprint density at radius 2 is 2.03 bits per heavy atom. The largest absolute Gasteiger partial charge is 0.508 e. The normalized spacial score (nSPS) is 12.5. The number of aliphatic imine (C=N–C) groups is 1. The zero-order valence-corrected chi connectivity index (χ0v) is 18.3. The summed E-state index contributed by atoms with van der Waals surface area (Å²) in [5, 5.41) is 16.8. The Balaban J connectivity index is 1.94. The van der Waals surface area contributed by atoms with Crippen molar-refractivity contribution in [3.8, 4) is 5.75 Å². The molecule has 1 heterocycles. The van der Waals surface area contributed by atoms with Crippen LogP contribution in [-0.4, -0.2) is 41.7 Å². The summed E-state index contributed by atoms with van der Waals surface area (Å²) in [6, 6.07) is 7.17. The van der Waals surface area contributed by atoms with Crippen LogP contribution in [0.5, 0.6) is 5.75 Å². The highest BCUT2D eigenvalue weighted by Crippen LogP contribution is 2.24. The average molecular weight is 419 g/mol. The standard InChI is InChI=1S/C21H30N4O3S/c1-5-22-21(23-13-7-8-16-9-11-17(26)12-10-16)25-15(4)19-24-14(3)18(29-19)20(27)28-6-2/h9-12,15,26H,5-8,13H2,1-4H3,(H2,22,23,25). The van der Waals surface area contributed by atoms with Gasteiger partial charge in [0.1, 0.15) is 15.6 Å². The first kappa shape index (κ1) is 22.7. The number of carbonyl (C=O) groups excluding carboxylic acids is 1. The topological polar surface area (TPSA) is 95.8 Å². The van der Waals surface area contributed by atoms with Gasteiger partial charge in [-0.3, -0.25) is 4.99 Å². The van der Waals surface area contributed by atoms with Crippen LogP contribution >= 0.6 is 11.3 Å². The fraction of sp³-hybridized carbons (Fsp3) is 0.476. The van der Waals surface area contributed by atoms with E-state index in [1.165, 1.54) is 16.9 Å². The van der Waals surface area contributed by atoms with Gasteiger partial charge >= 0.3 is 5.97 Å². The number of ether oxygens (including phenoxy) is 1. The Labute approximate surface area is 176 Å². The van der Waals surface area contributed by atoms with Crippen LogP contribution in [0.4, 0.5) is 0 Å². The third-order valence-electron chi connectivity index (χ3n) is 4.17. The van der Waals surface area contributed by atoms with Crippen LogP contribution in [-0.2, 0) is 11.2 Å². The molecule has 0 aliphatic heterocycles. The second kappa shape index (κ2) is 11.4. The van der Waals surface area contributed by atoms with Crippen LogP contribution in [0.25, 0.3) is 0 Å². The molecule has 0 amide bonds. The summed E-state index contributed by atoms with van der Waals surface area (Å²) < 4.78 is 5.09. The molecule has 1 atom stereocenters. The smallest absolute Gasteiger partial charge is 0.350 e. The fourth-order valence-electron chi connectivity index (χ4n) is 2.71. The molecule has 2 rings (SSSR count). The van der Waals surface area contributed by atoms with E-state index in [-0.39, 0.29) is 17.8 Å². The van der Waals surface area contributed by atoms with Gasteiger partial charge in [-0.2, -0.15) is 0 Å². The lowest BCUT2D eigenvalue weighted by Crippen LogP contribution is -2.38. The molecule has 1 aromatic heterocycles. The molecule has 29 heavy (non-hydrogen) atoms. The van der Waals surface area contributed by atoms with Gasteiger partial charge < -0.3 is 20.5 Å². The molecule has 0 bridgehead atoms. The SMILES string of the molecule is CCNC(=NCCCc1ccc(O)cc1)NC(C)c1nc(C)c(C(=O)OCC)s1. The van der Waals surface area contributed by atoms with Gasteiger partial charge in [-0.1, -0.05) is 12.1 Å². The van der Waals surface area contributed by atoms with E-state index in [4.69, 9.17) is 4.74 Å². The number of aromatic hydroxyl groups is 1. The average Bonchev–Trinajstić information content (AvgIpc) is 3.09. The number of hydrogen-bond acceptors (Lipinski definition) is 6. The highest BCUT2D eigenvalue weighted by atomic mass is 32.1. The van der Waals surface area contributed by atoms with Gasteiger partial charge in [-0.15, -0.1) is 11.3 Å². The van der Waals surface area contributed by atoms with Crippen molar-refractivity contribution in [2.45, 2.75) is 46.6 Å². The van der Waals surface area contributed by atoms with Crippen LogP contribution in [0.2, 0.25) is 0 Å². The van der Waals surface area contributed by atoms with E-state index in [1.807, 2.05) is 32.9 Å². The minimum absolute atomic E-state index is 0.0863. The predicted octanol–water partition coefficient (Wildman–Crippen LogP) is 3.58. The molecule has 8 heteroatoms. The molecule has 1 unspecified atom stereocenters. The predicted molar refractivity (Wildman–Crippen MR) is 117 cm³/mol. The highest BCUT2D eigenvalue weighted by Gasteiger charge is 2.20. The van der Waals surface area contributed by atoms with E-state index in [2.05, 4.69) is 20.6 Å². The maximum atomic E-state index is 12.0. The highest BCUT2D eigenvalue weighted by molar-refractivity contribution is 7.13. The Hall–Kier alpha value is -2.61. The van der Waals surface area contributed by atoms with E-state index in [0.717, 1.165) is 30.4 Å². The molecule has 3 N–H and O–H groups in total. The van der Waals surface area contributed by atoms with Crippen molar-refractivity contribution in [1.29, 1.82) is 0 Å². The van der Waals surface area contributed by atoms with E-state index in [0.29, 0.717) is 23.7 Å². The minimum atomic E-state index is -0.323. The van der Waals surface area contributed by atoms with Crippen molar-refractivity contribution < 1.29 is 14.6 Å². The molecule has 158 valence electrons. The first-order chi connectivity index (χ1) is 13.9. The lowest BCUT2D eigenvalue weighted by Gasteiger charge is -2.16. The third-order valence-corrected chi connectivity index (χ3v) is 5.49. The molecular formula is C21H30N4O3S. The Bertz CT molecular complexity index is 818. The summed E-state index contributed by atoms with van der Waals surface area (Å²) in [4.78, 5) is 21.7. The van der Waals surface area contributed by atoms with Crippen molar-refractivity contribution in [2.75, 3.05) is 19.7 Å². The molecule has 0 saturated heterocycles. The minimum Gasteiger partial charge on any atom is -0.508 e. The number of nitrogens with zero attached hydrogens (tertiary/aromatic N) is 2. The maximum absolute atomic E-state index is 12.0. The van der Waals surface area contributed by atoms with Crippen molar-refractivity contribution in [3.05, 3.63) is 45.4 Å². The van der Waals surface area contributed by atoms with Gasteiger partial charge in [0.25, 0.3) is 0 Å². The Kier molecular flexibility index (Phi) is 8.92. The molecule has 0 aliphatic rings.